The summed E-state index contributed by atoms with van der Waals surface area (Å²) < 4.78 is 36.2. The van der Waals surface area contributed by atoms with Crippen molar-refractivity contribution < 1.29 is 23.0 Å². The number of hydrogen-bond acceptors (Lipinski definition) is 4. The standard InChI is InChI=1S/C14H17F2NO3/c1-19-14(18)12(17-10-3-4-10)6-7-20-13-8-9(15)2-5-11(13)16/h2,5,8,10,12,17H,3-4,6-7H2,1H3. The van der Waals surface area contributed by atoms with E-state index in [1.807, 2.05) is 0 Å². The van der Waals surface area contributed by atoms with Crippen LogP contribution in [-0.4, -0.2) is 31.8 Å². The molecule has 1 atom stereocenters. The highest BCUT2D eigenvalue weighted by atomic mass is 19.1. The molecule has 20 heavy (non-hydrogen) atoms. The van der Waals surface area contributed by atoms with Gasteiger partial charge in [-0.15, -0.1) is 0 Å². The van der Waals surface area contributed by atoms with E-state index in [1.54, 1.807) is 0 Å². The van der Waals surface area contributed by atoms with Gasteiger partial charge in [0.2, 0.25) is 0 Å². The maximum absolute atomic E-state index is 13.3. The second-order valence-corrected chi connectivity index (χ2v) is 4.73. The molecule has 0 spiro atoms. The number of nitrogens with one attached hydrogen (secondary N) is 1. The lowest BCUT2D eigenvalue weighted by molar-refractivity contribution is -0.143. The molecule has 2 rings (SSSR count). The fraction of sp³-hybridized carbons (Fsp3) is 0.500. The van der Waals surface area contributed by atoms with E-state index in [2.05, 4.69) is 5.32 Å². The molecule has 1 N–H and O–H groups in total. The van der Waals surface area contributed by atoms with Crippen molar-refractivity contribution in [3.63, 3.8) is 0 Å². The van der Waals surface area contributed by atoms with Crippen molar-refractivity contribution in [3.8, 4) is 5.75 Å². The Bertz CT molecular complexity index is 477. The predicted molar refractivity (Wildman–Crippen MR) is 68.4 cm³/mol. The summed E-state index contributed by atoms with van der Waals surface area (Å²) in [6.45, 7) is 0.0971. The van der Waals surface area contributed by atoms with Gasteiger partial charge in [0, 0.05) is 18.5 Å². The quantitative estimate of drug-likeness (QED) is 0.779. The van der Waals surface area contributed by atoms with Crippen LogP contribution in [0.1, 0.15) is 19.3 Å². The van der Waals surface area contributed by atoms with Crippen LogP contribution in [0.5, 0.6) is 5.75 Å². The van der Waals surface area contributed by atoms with Crippen LogP contribution in [-0.2, 0) is 9.53 Å². The summed E-state index contributed by atoms with van der Waals surface area (Å²) in [5.74, 6) is -1.72. The Morgan fingerprint density at radius 2 is 2.20 bits per heavy atom. The smallest absolute Gasteiger partial charge is 0.322 e. The summed E-state index contributed by atoms with van der Waals surface area (Å²) >= 11 is 0. The number of esters is 1. The number of hydrogen-bond donors (Lipinski definition) is 1. The van der Waals surface area contributed by atoms with Crippen LogP contribution in [0.2, 0.25) is 0 Å². The zero-order valence-corrected chi connectivity index (χ0v) is 11.2. The summed E-state index contributed by atoms with van der Waals surface area (Å²) in [4.78, 5) is 11.6. The highest BCUT2D eigenvalue weighted by Gasteiger charge is 2.28. The van der Waals surface area contributed by atoms with Crippen LogP contribution < -0.4 is 10.1 Å². The van der Waals surface area contributed by atoms with Gasteiger partial charge in [-0.1, -0.05) is 0 Å². The van der Waals surface area contributed by atoms with E-state index in [1.165, 1.54) is 7.11 Å². The number of benzene rings is 1. The first-order valence-electron chi connectivity index (χ1n) is 6.52. The Hall–Kier alpha value is -1.69. The van der Waals surface area contributed by atoms with E-state index in [4.69, 9.17) is 9.47 Å². The van der Waals surface area contributed by atoms with Crippen LogP contribution in [0.15, 0.2) is 18.2 Å². The van der Waals surface area contributed by atoms with Gasteiger partial charge < -0.3 is 14.8 Å². The minimum atomic E-state index is -0.629. The van der Waals surface area contributed by atoms with Crippen molar-refractivity contribution in [2.24, 2.45) is 0 Å². The molecule has 6 heteroatoms. The predicted octanol–water partition coefficient (Wildman–Crippen LogP) is 2.03. The molecule has 0 aliphatic heterocycles. The number of methoxy groups -OCH3 is 1. The van der Waals surface area contributed by atoms with Crippen molar-refractivity contribution in [3.05, 3.63) is 29.8 Å². The Labute approximate surface area is 116 Å². The molecule has 110 valence electrons. The van der Waals surface area contributed by atoms with E-state index in [0.29, 0.717) is 12.5 Å². The van der Waals surface area contributed by atoms with Crippen molar-refractivity contribution >= 4 is 5.97 Å². The summed E-state index contributed by atoms with van der Waals surface area (Å²) in [5.41, 5.74) is 0. The molecule has 1 saturated carbocycles. The third-order valence-corrected chi connectivity index (χ3v) is 3.06. The Kier molecular flexibility index (Phi) is 4.89. The number of halogens is 2. The van der Waals surface area contributed by atoms with Crippen LogP contribution >= 0.6 is 0 Å². The van der Waals surface area contributed by atoms with Crippen molar-refractivity contribution in [1.82, 2.24) is 5.32 Å². The number of carbonyl (C=O) groups is 1. The lowest BCUT2D eigenvalue weighted by atomic mass is 10.2. The van der Waals surface area contributed by atoms with Gasteiger partial charge in [-0.2, -0.15) is 0 Å². The van der Waals surface area contributed by atoms with Gasteiger partial charge in [0.25, 0.3) is 0 Å². The minimum absolute atomic E-state index is 0.0971. The highest BCUT2D eigenvalue weighted by molar-refractivity contribution is 5.75. The topological polar surface area (TPSA) is 47.6 Å². The second kappa shape index (κ2) is 6.65. The van der Waals surface area contributed by atoms with Crippen LogP contribution in [0.25, 0.3) is 0 Å². The van der Waals surface area contributed by atoms with E-state index in [0.717, 1.165) is 31.0 Å². The average Bonchev–Trinajstić information content (AvgIpc) is 3.24. The molecule has 0 amide bonds. The molecule has 1 unspecified atom stereocenters. The summed E-state index contributed by atoms with van der Waals surface area (Å²) in [5, 5.41) is 3.13. The molecule has 4 nitrogen and oxygen atoms in total. The average molecular weight is 285 g/mol. The van der Waals surface area contributed by atoms with Gasteiger partial charge in [0.15, 0.2) is 11.6 Å². The Morgan fingerprint density at radius 3 is 2.85 bits per heavy atom. The normalized spacial score (nSPS) is 15.8. The highest BCUT2D eigenvalue weighted by Crippen LogP contribution is 2.21. The monoisotopic (exact) mass is 285 g/mol. The summed E-state index contributed by atoms with van der Waals surface area (Å²) in [7, 11) is 1.32. The van der Waals surface area contributed by atoms with Crippen LogP contribution in [0.4, 0.5) is 8.78 Å². The Balaban J connectivity index is 1.85. The van der Waals surface area contributed by atoms with Gasteiger partial charge >= 0.3 is 5.97 Å². The van der Waals surface area contributed by atoms with Gasteiger partial charge in [0.1, 0.15) is 11.9 Å². The lowest BCUT2D eigenvalue weighted by Gasteiger charge is -2.16. The molecule has 0 aromatic heterocycles. The van der Waals surface area contributed by atoms with Crippen molar-refractivity contribution in [1.29, 1.82) is 0 Å². The molecular formula is C14H17F2NO3. The fourth-order valence-corrected chi connectivity index (χ4v) is 1.82. The number of rotatable bonds is 7. The zero-order chi connectivity index (χ0) is 14.5. The van der Waals surface area contributed by atoms with Crippen LogP contribution in [0, 0.1) is 11.6 Å². The van der Waals surface area contributed by atoms with Gasteiger partial charge in [0.05, 0.1) is 13.7 Å². The molecule has 0 radical (unpaired) electrons. The number of ether oxygens (including phenoxy) is 2. The molecule has 1 aromatic carbocycles. The second-order valence-electron chi connectivity index (χ2n) is 4.73. The number of carbonyl (C=O) groups excluding carboxylic acids is 1. The SMILES string of the molecule is COC(=O)C(CCOc1cc(F)ccc1F)NC1CC1. The fourth-order valence-electron chi connectivity index (χ4n) is 1.82. The van der Waals surface area contributed by atoms with E-state index in [9.17, 15) is 13.6 Å². The molecule has 1 aliphatic carbocycles. The maximum Gasteiger partial charge on any atom is 0.322 e. The van der Waals surface area contributed by atoms with Gasteiger partial charge in [-0.3, -0.25) is 4.79 Å². The first kappa shape index (κ1) is 14.7. The van der Waals surface area contributed by atoms with Crippen molar-refractivity contribution in [2.45, 2.75) is 31.3 Å². The summed E-state index contributed by atoms with van der Waals surface area (Å²) in [6.07, 6.45) is 2.40. The van der Waals surface area contributed by atoms with Gasteiger partial charge in [-0.05, 0) is 25.0 Å². The molecular weight excluding hydrogens is 268 g/mol. The van der Waals surface area contributed by atoms with E-state index in [-0.39, 0.29) is 18.3 Å². The maximum atomic E-state index is 13.3. The van der Waals surface area contributed by atoms with E-state index < -0.39 is 17.7 Å². The van der Waals surface area contributed by atoms with E-state index >= 15 is 0 Å². The van der Waals surface area contributed by atoms with Gasteiger partial charge in [-0.25, -0.2) is 8.78 Å². The molecule has 1 aromatic rings. The largest absolute Gasteiger partial charge is 0.490 e. The molecule has 1 fully saturated rings. The molecule has 0 heterocycles. The zero-order valence-electron chi connectivity index (χ0n) is 11.2. The Morgan fingerprint density at radius 1 is 1.45 bits per heavy atom. The molecule has 1 aliphatic rings. The molecule has 0 bridgehead atoms. The summed E-state index contributed by atoms with van der Waals surface area (Å²) in [6, 6.07) is 2.87. The first-order chi connectivity index (χ1) is 9.60. The van der Waals surface area contributed by atoms with Crippen LogP contribution in [0.3, 0.4) is 0 Å². The van der Waals surface area contributed by atoms with Crippen molar-refractivity contribution in [2.75, 3.05) is 13.7 Å². The third-order valence-electron chi connectivity index (χ3n) is 3.06. The minimum Gasteiger partial charge on any atom is -0.490 e. The first-order valence-corrected chi connectivity index (χ1v) is 6.52. The third kappa shape index (κ3) is 4.16. The lowest BCUT2D eigenvalue weighted by Crippen LogP contribution is -2.40. The molecule has 0 saturated heterocycles.